The highest BCUT2D eigenvalue weighted by atomic mass is 32.2. The number of carbonyl (C=O) groups is 4. The molecule has 3 N–H and O–H groups in total. The second kappa shape index (κ2) is 17.5. The zero-order valence-corrected chi connectivity index (χ0v) is 37.0. The largest absolute Gasteiger partial charge is 0.496 e. The molecule has 8 rings (SSSR count). The smallest absolute Gasteiger partial charge is 0.318 e. The second-order valence-electron chi connectivity index (χ2n) is 17.6. The van der Waals surface area contributed by atoms with Crippen LogP contribution < -0.4 is 24.8 Å². The van der Waals surface area contributed by atoms with Gasteiger partial charge in [-0.15, -0.1) is 11.3 Å². The van der Waals surface area contributed by atoms with Crippen molar-refractivity contribution in [3.63, 3.8) is 0 Å². The number of sulfonamides is 1. The molecule has 2 saturated heterocycles. The molecule has 3 aromatic rings. The van der Waals surface area contributed by atoms with E-state index in [0.29, 0.717) is 78.3 Å². The van der Waals surface area contributed by atoms with Crippen molar-refractivity contribution in [2.45, 2.75) is 120 Å². The Bertz CT molecular complexity index is 2320. The second-order valence-corrected chi connectivity index (χ2v) is 20.4. The Morgan fingerprint density at radius 1 is 1.00 bits per heavy atom. The molecule has 17 heteroatoms. The standard InChI is InChI=1S/C44H57N7O8S2/c1-26(2)34-25-60-40(46-34)33-21-36(30-17-18-35(58-4)27(3)38(30)45-33)59-37-24-51-23-31(37)39(52)48-44(42(54)49-61(56,57)29-15-16-29)22-28(44)13-9-6-5-7-10-14-32(41(51)53)47-43(55)50-19-11-8-12-20-50/h9,13,17-18,21,25-26,28-29,31-32,37H,5-8,10-12,14-16,19-20,22-24H2,1-4H3,(H,47,55)(H,48,52)(H,49,54)/b13-9+/t28-,31+,32+,37+,44-/m1/s1. The molecule has 1 aromatic carbocycles. The summed E-state index contributed by atoms with van der Waals surface area (Å²) in [6, 6.07) is 4.42. The van der Waals surface area contributed by atoms with E-state index in [4.69, 9.17) is 19.4 Å². The zero-order valence-electron chi connectivity index (χ0n) is 35.4. The maximum Gasteiger partial charge on any atom is 0.318 e. The molecule has 0 spiro atoms. The van der Waals surface area contributed by atoms with Crippen LogP contribution in [0.5, 0.6) is 11.5 Å². The molecular formula is C44H57N7O8S2. The third kappa shape index (κ3) is 9.09. The van der Waals surface area contributed by atoms with Gasteiger partial charge in [0.05, 0.1) is 36.0 Å². The number of benzene rings is 1. The molecule has 328 valence electrons. The Hall–Kier alpha value is -4.77. The van der Waals surface area contributed by atoms with E-state index in [9.17, 15) is 27.6 Å². The molecule has 5 amide bonds. The van der Waals surface area contributed by atoms with Crippen molar-refractivity contribution in [2.75, 3.05) is 33.3 Å². The number of nitrogens with zero attached hydrogens (tertiary/aromatic N) is 4. The van der Waals surface area contributed by atoms with Crippen LogP contribution in [-0.4, -0.2) is 108 Å². The number of likely N-dealkylation sites (tertiary alicyclic amines) is 1. The van der Waals surface area contributed by atoms with Crippen molar-refractivity contribution >= 4 is 56.0 Å². The van der Waals surface area contributed by atoms with E-state index in [-0.39, 0.29) is 37.4 Å². The molecule has 4 fully saturated rings. The Balaban J connectivity index is 1.16. The maximum absolute atomic E-state index is 14.8. The van der Waals surface area contributed by atoms with Crippen LogP contribution in [0.1, 0.15) is 102 Å². The maximum atomic E-state index is 14.8. The van der Waals surface area contributed by atoms with Gasteiger partial charge in [-0.2, -0.15) is 0 Å². The molecule has 0 radical (unpaired) electrons. The first-order valence-corrected chi connectivity index (χ1v) is 24.2. The molecule has 2 bridgehead atoms. The molecule has 0 unspecified atom stereocenters. The number of urea groups is 1. The minimum absolute atomic E-state index is 0.0224. The van der Waals surface area contributed by atoms with Gasteiger partial charge in [-0.3, -0.25) is 19.1 Å². The van der Waals surface area contributed by atoms with Gasteiger partial charge < -0.3 is 29.9 Å². The number of nitrogens with one attached hydrogen (secondary N) is 3. The number of amides is 5. The number of methoxy groups -OCH3 is 1. The van der Waals surface area contributed by atoms with Crippen LogP contribution in [0.25, 0.3) is 21.6 Å². The number of thiazole rings is 1. The molecule has 5 heterocycles. The SMILES string of the molecule is COc1ccc2c(O[C@H]3CN4C[C@@H]3C(=O)N[C@]3(C(=O)NS(=O)(=O)C5CC5)C[C@H]3/C=C/CCCCC[C@H](NC(=O)N3CCCCC3)C4=O)cc(-c3nc(C(C)C)cs3)nc2c1C. The summed E-state index contributed by atoms with van der Waals surface area (Å²) in [6.07, 6.45) is 10.5. The first-order chi connectivity index (χ1) is 29.3. The summed E-state index contributed by atoms with van der Waals surface area (Å²) >= 11 is 1.47. The van der Waals surface area contributed by atoms with Crippen LogP contribution in [0.2, 0.25) is 0 Å². The Morgan fingerprint density at radius 2 is 1.77 bits per heavy atom. The van der Waals surface area contributed by atoms with Crippen LogP contribution in [0, 0.1) is 18.8 Å². The van der Waals surface area contributed by atoms with E-state index in [2.05, 4.69) is 29.2 Å². The van der Waals surface area contributed by atoms with Crippen molar-refractivity contribution in [1.82, 2.24) is 35.1 Å². The number of pyridine rings is 1. The van der Waals surface area contributed by atoms with E-state index >= 15 is 0 Å². The van der Waals surface area contributed by atoms with Crippen LogP contribution in [0.3, 0.4) is 0 Å². The topological polar surface area (TPSA) is 189 Å². The number of allylic oxidation sites excluding steroid dienone is 1. The van der Waals surface area contributed by atoms with E-state index in [1.165, 1.54) is 11.3 Å². The van der Waals surface area contributed by atoms with Crippen molar-refractivity contribution in [2.24, 2.45) is 11.8 Å². The third-order valence-corrected chi connectivity index (χ3v) is 15.5. The number of piperidine rings is 1. The summed E-state index contributed by atoms with van der Waals surface area (Å²) in [4.78, 5) is 70.2. The molecule has 3 aliphatic heterocycles. The van der Waals surface area contributed by atoms with E-state index in [1.54, 1.807) is 16.9 Å². The number of fused-ring (bicyclic) bond motifs is 4. The van der Waals surface area contributed by atoms with Gasteiger partial charge in [-0.25, -0.2) is 23.2 Å². The summed E-state index contributed by atoms with van der Waals surface area (Å²) in [5, 5.41) is 8.80. The van der Waals surface area contributed by atoms with E-state index in [0.717, 1.165) is 43.4 Å². The fourth-order valence-electron chi connectivity index (χ4n) is 8.80. The highest BCUT2D eigenvalue weighted by Crippen LogP contribution is 2.46. The van der Waals surface area contributed by atoms with Gasteiger partial charge in [-0.1, -0.05) is 38.8 Å². The average Bonchev–Trinajstić information content (AvgIpc) is 4.12. The fraction of sp³-hybridized carbons (Fsp3) is 0.591. The van der Waals surface area contributed by atoms with Gasteiger partial charge in [0, 0.05) is 47.9 Å². The van der Waals surface area contributed by atoms with Crippen molar-refractivity contribution in [3.8, 4) is 22.2 Å². The number of ether oxygens (including phenoxy) is 2. The highest BCUT2D eigenvalue weighted by Gasteiger charge is 2.62. The summed E-state index contributed by atoms with van der Waals surface area (Å²) in [6.45, 7) is 7.31. The first kappa shape index (κ1) is 42.9. The third-order valence-electron chi connectivity index (χ3n) is 12.8. The predicted molar refractivity (Wildman–Crippen MR) is 232 cm³/mol. The fourth-order valence-corrected chi connectivity index (χ4v) is 11.1. The lowest BCUT2D eigenvalue weighted by atomic mass is 10.0. The molecule has 15 nitrogen and oxygen atoms in total. The lowest BCUT2D eigenvalue weighted by Gasteiger charge is -2.30. The molecule has 2 aromatic heterocycles. The van der Waals surface area contributed by atoms with Gasteiger partial charge in [0.25, 0.3) is 5.91 Å². The zero-order chi connectivity index (χ0) is 43.1. The average molecular weight is 876 g/mol. The minimum Gasteiger partial charge on any atom is -0.496 e. The predicted octanol–water partition coefficient (Wildman–Crippen LogP) is 5.57. The molecule has 2 saturated carbocycles. The molecule has 61 heavy (non-hydrogen) atoms. The van der Waals surface area contributed by atoms with Gasteiger partial charge in [0.2, 0.25) is 21.8 Å². The highest BCUT2D eigenvalue weighted by molar-refractivity contribution is 7.91. The summed E-state index contributed by atoms with van der Waals surface area (Å²) in [5.74, 6) is -1.70. The van der Waals surface area contributed by atoms with Crippen molar-refractivity contribution in [3.05, 3.63) is 47.0 Å². The van der Waals surface area contributed by atoms with E-state index in [1.807, 2.05) is 42.7 Å². The lowest BCUT2D eigenvalue weighted by Crippen LogP contribution is -2.55. The Morgan fingerprint density at radius 3 is 2.49 bits per heavy atom. The first-order valence-electron chi connectivity index (χ1n) is 21.8. The number of carbonyl (C=O) groups excluding carboxylic acids is 4. The Labute approximate surface area is 361 Å². The van der Waals surface area contributed by atoms with Crippen LogP contribution in [0.4, 0.5) is 4.79 Å². The lowest BCUT2D eigenvalue weighted by molar-refractivity contribution is -0.134. The molecule has 2 aliphatic carbocycles. The van der Waals surface area contributed by atoms with Crippen LogP contribution in [-0.2, 0) is 24.4 Å². The number of rotatable bonds is 9. The van der Waals surface area contributed by atoms with Gasteiger partial charge >= 0.3 is 6.03 Å². The summed E-state index contributed by atoms with van der Waals surface area (Å²) in [7, 11) is -2.30. The minimum atomic E-state index is -3.90. The van der Waals surface area contributed by atoms with E-state index < -0.39 is 56.6 Å². The van der Waals surface area contributed by atoms with Gasteiger partial charge in [0.1, 0.15) is 39.9 Å². The van der Waals surface area contributed by atoms with Gasteiger partial charge in [-0.05, 0) is 82.8 Å². The van der Waals surface area contributed by atoms with Crippen LogP contribution in [0.15, 0.2) is 35.7 Å². The number of hydrogen-bond acceptors (Lipinski definition) is 11. The van der Waals surface area contributed by atoms with Crippen molar-refractivity contribution < 1.29 is 37.1 Å². The monoisotopic (exact) mass is 875 g/mol. The number of aromatic nitrogens is 2. The summed E-state index contributed by atoms with van der Waals surface area (Å²) in [5.41, 5.74) is 1.45. The summed E-state index contributed by atoms with van der Waals surface area (Å²) < 4.78 is 40.9. The number of aryl methyl sites for hydroxylation is 1. The van der Waals surface area contributed by atoms with Crippen molar-refractivity contribution in [1.29, 1.82) is 0 Å². The molecule has 5 aliphatic rings. The molecular weight excluding hydrogens is 819 g/mol. The quantitative estimate of drug-likeness (QED) is 0.229. The molecule has 5 atom stereocenters. The Kier molecular flexibility index (Phi) is 12.3. The number of hydrogen-bond donors (Lipinski definition) is 3. The van der Waals surface area contributed by atoms with Crippen LogP contribution >= 0.6 is 11.3 Å². The van der Waals surface area contributed by atoms with Gasteiger partial charge in [0.15, 0.2) is 0 Å². The normalized spacial score (nSPS) is 26.7.